The third kappa shape index (κ3) is 2.06. The molecule has 0 bridgehead atoms. The molecule has 1 amide bonds. The topological polar surface area (TPSA) is 44.1 Å². The molecule has 0 aromatic heterocycles. The predicted octanol–water partition coefficient (Wildman–Crippen LogP) is 1.79. The summed E-state index contributed by atoms with van der Waals surface area (Å²) in [5, 5.41) is 8.45. The third-order valence-electron chi connectivity index (χ3n) is 3.22. The summed E-state index contributed by atoms with van der Waals surface area (Å²) in [7, 11) is 0. The normalized spacial score (nSPS) is 24.7. The summed E-state index contributed by atoms with van der Waals surface area (Å²) >= 11 is 0. The second-order valence-electron chi connectivity index (χ2n) is 4.70. The molecule has 78 valence electrons. The number of hydrogen-bond donors (Lipinski definition) is 0. The number of hydrogen-bond acceptors (Lipinski definition) is 2. The molecule has 0 aromatic rings. The van der Waals surface area contributed by atoms with Crippen molar-refractivity contribution in [2.24, 2.45) is 11.3 Å². The molecule has 0 saturated carbocycles. The van der Waals surface area contributed by atoms with Gasteiger partial charge in [-0.2, -0.15) is 5.26 Å². The lowest BCUT2D eigenvalue weighted by Crippen LogP contribution is -2.29. The molecule has 1 rings (SSSR count). The fourth-order valence-electron chi connectivity index (χ4n) is 2.25. The highest BCUT2D eigenvalue weighted by molar-refractivity contribution is 5.78. The molecule has 1 aliphatic rings. The fourth-order valence-corrected chi connectivity index (χ4v) is 2.25. The zero-order valence-corrected chi connectivity index (χ0v) is 9.21. The number of amides is 1. The Bertz CT molecular complexity index is 265. The molecule has 0 radical (unpaired) electrons. The van der Waals surface area contributed by atoms with E-state index in [-0.39, 0.29) is 17.7 Å². The second-order valence-corrected chi connectivity index (χ2v) is 4.70. The van der Waals surface area contributed by atoms with Gasteiger partial charge in [-0.15, -0.1) is 0 Å². The Morgan fingerprint density at radius 2 is 2.29 bits per heavy atom. The van der Waals surface area contributed by atoms with E-state index < -0.39 is 0 Å². The lowest BCUT2D eigenvalue weighted by Gasteiger charge is -2.23. The van der Waals surface area contributed by atoms with Gasteiger partial charge in [0.15, 0.2) is 0 Å². The van der Waals surface area contributed by atoms with Crippen molar-refractivity contribution in [3.8, 4) is 6.07 Å². The Labute approximate surface area is 85.7 Å². The van der Waals surface area contributed by atoms with Crippen LogP contribution in [-0.4, -0.2) is 23.9 Å². The van der Waals surface area contributed by atoms with Gasteiger partial charge in [0.2, 0.25) is 5.91 Å². The van der Waals surface area contributed by atoms with Crippen LogP contribution in [0.4, 0.5) is 0 Å². The van der Waals surface area contributed by atoms with Crippen LogP contribution in [0.3, 0.4) is 0 Å². The number of nitriles is 1. The van der Waals surface area contributed by atoms with Gasteiger partial charge in [0.05, 0.1) is 6.07 Å². The van der Waals surface area contributed by atoms with E-state index in [1.807, 2.05) is 11.0 Å². The molecule has 1 atom stereocenters. The summed E-state index contributed by atoms with van der Waals surface area (Å²) in [5.74, 6) is 0.557. The molecule has 0 aliphatic carbocycles. The van der Waals surface area contributed by atoms with Crippen LogP contribution in [0.15, 0.2) is 0 Å². The monoisotopic (exact) mass is 194 g/mol. The summed E-state index contributed by atoms with van der Waals surface area (Å²) in [6.07, 6.45) is 1.12. The van der Waals surface area contributed by atoms with Gasteiger partial charge >= 0.3 is 0 Å². The van der Waals surface area contributed by atoms with Crippen LogP contribution in [0.25, 0.3) is 0 Å². The van der Waals surface area contributed by atoms with Gasteiger partial charge in [0.25, 0.3) is 0 Å². The van der Waals surface area contributed by atoms with Crippen LogP contribution < -0.4 is 0 Å². The van der Waals surface area contributed by atoms with Crippen molar-refractivity contribution < 1.29 is 4.79 Å². The molecule has 3 nitrogen and oxygen atoms in total. The summed E-state index contributed by atoms with van der Waals surface area (Å²) in [5.41, 5.74) is 0.208. The van der Waals surface area contributed by atoms with E-state index in [2.05, 4.69) is 20.8 Å². The Hall–Kier alpha value is -1.04. The summed E-state index contributed by atoms with van der Waals surface area (Å²) in [4.78, 5) is 13.3. The zero-order chi connectivity index (χ0) is 10.8. The van der Waals surface area contributed by atoms with Crippen LogP contribution in [-0.2, 0) is 4.79 Å². The van der Waals surface area contributed by atoms with Gasteiger partial charge in [0, 0.05) is 13.1 Å². The summed E-state index contributed by atoms with van der Waals surface area (Å²) < 4.78 is 0. The van der Waals surface area contributed by atoms with Gasteiger partial charge in [-0.1, -0.05) is 27.2 Å². The lowest BCUT2D eigenvalue weighted by atomic mass is 9.81. The van der Waals surface area contributed by atoms with E-state index in [0.29, 0.717) is 5.92 Å². The quantitative estimate of drug-likeness (QED) is 0.672. The number of rotatable bonds is 2. The van der Waals surface area contributed by atoms with Crippen LogP contribution in [0, 0.1) is 22.7 Å². The molecule has 14 heavy (non-hydrogen) atoms. The first kappa shape index (κ1) is 11.0. The number of carbonyl (C=O) groups is 1. The molecule has 1 unspecified atom stereocenters. The molecule has 1 aliphatic heterocycles. The predicted molar refractivity (Wildman–Crippen MR) is 54.4 cm³/mol. The largest absolute Gasteiger partial charge is 0.341 e. The zero-order valence-electron chi connectivity index (χ0n) is 9.21. The van der Waals surface area contributed by atoms with E-state index in [4.69, 9.17) is 5.26 Å². The third-order valence-corrected chi connectivity index (χ3v) is 3.22. The number of likely N-dealkylation sites (tertiary alicyclic amines) is 1. The Kier molecular flexibility index (Phi) is 3.15. The molecule has 1 saturated heterocycles. The molecule has 3 heteroatoms. The van der Waals surface area contributed by atoms with Crippen LogP contribution in [0.5, 0.6) is 0 Å². The van der Waals surface area contributed by atoms with E-state index >= 15 is 0 Å². The molecule has 0 N–H and O–H groups in total. The first-order valence-electron chi connectivity index (χ1n) is 5.16. The molecular formula is C11H18N2O. The Balaban J connectivity index is 2.63. The van der Waals surface area contributed by atoms with Crippen molar-refractivity contribution >= 4 is 5.91 Å². The van der Waals surface area contributed by atoms with Crippen molar-refractivity contribution in [1.82, 2.24) is 4.90 Å². The van der Waals surface area contributed by atoms with Crippen molar-refractivity contribution in [2.75, 3.05) is 13.1 Å². The number of nitrogens with zero attached hydrogens (tertiary/aromatic N) is 2. The van der Waals surface area contributed by atoms with Crippen molar-refractivity contribution in [1.29, 1.82) is 5.26 Å². The maximum Gasteiger partial charge on any atom is 0.236 e. The van der Waals surface area contributed by atoms with Crippen LogP contribution in [0.1, 0.15) is 33.6 Å². The highest BCUT2D eigenvalue weighted by Gasteiger charge is 2.39. The standard InChI is InChI=1S/C11H18N2O/c1-4-9-7-13(8-11(9,2)3)10(14)5-6-12/h9H,4-5,7-8H2,1-3H3. The minimum Gasteiger partial charge on any atom is -0.341 e. The highest BCUT2D eigenvalue weighted by atomic mass is 16.2. The number of carbonyl (C=O) groups excluding carboxylic acids is 1. The average Bonchev–Trinajstić information content (AvgIpc) is 2.41. The molecule has 1 fully saturated rings. The minimum absolute atomic E-state index is 0.0171. The summed E-state index contributed by atoms with van der Waals surface area (Å²) in [6, 6.07) is 1.91. The van der Waals surface area contributed by atoms with Crippen molar-refractivity contribution in [3.63, 3.8) is 0 Å². The maximum absolute atomic E-state index is 11.5. The Morgan fingerprint density at radius 1 is 1.64 bits per heavy atom. The van der Waals surface area contributed by atoms with Crippen LogP contribution in [0.2, 0.25) is 0 Å². The highest BCUT2D eigenvalue weighted by Crippen LogP contribution is 2.37. The smallest absolute Gasteiger partial charge is 0.236 e. The SMILES string of the molecule is CCC1CN(C(=O)CC#N)CC1(C)C. The molecule has 0 spiro atoms. The molecule has 1 heterocycles. The lowest BCUT2D eigenvalue weighted by molar-refractivity contribution is -0.129. The molecular weight excluding hydrogens is 176 g/mol. The van der Waals surface area contributed by atoms with Crippen LogP contribution >= 0.6 is 0 Å². The fraction of sp³-hybridized carbons (Fsp3) is 0.818. The van der Waals surface area contributed by atoms with Crippen molar-refractivity contribution in [2.45, 2.75) is 33.6 Å². The van der Waals surface area contributed by atoms with Gasteiger partial charge in [-0.25, -0.2) is 0 Å². The maximum atomic E-state index is 11.5. The first-order chi connectivity index (χ1) is 6.51. The molecule has 0 aromatic carbocycles. The average molecular weight is 194 g/mol. The first-order valence-corrected chi connectivity index (χ1v) is 5.16. The van der Waals surface area contributed by atoms with E-state index in [9.17, 15) is 4.79 Å². The van der Waals surface area contributed by atoms with Gasteiger partial charge in [-0.05, 0) is 11.3 Å². The van der Waals surface area contributed by atoms with Gasteiger partial charge < -0.3 is 4.90 Å². The Morgan fingerprint density at radius 3 is 2.71 bits per heavy atom. The van der Waals surface area contributed by atoms with Gasteiger partial charge in [0.1, 0.15) is 6.42 Å². The van der Waals surface area contributed by atoms with E-state index in [0.717, 1.165) is 19.5 Å². The van der Waals surface area contributed by atoms with Crippen molar-refractivity contribution in [3.05, 3.63) is 0 Å². The van der Waals surface area contributed by atoms with E-state index in [1.54, 1.807) is 0 Å². The summed E-state index contributed by atoms with van der Waals surface area (Å²) in [6.45, 7) is 8.17. The minimum atomic E-state index is -0.0171. The van der Waals surface area contributed by atoms with Gasteiger partial charge in [-0.3, -0.25) is 4.79 Å². The van der Waals surface area contributed by atoms with E-state index in [1.165, 1.54) is 0 Å². The second kappa shape index (κ2) is 4.00.